The Labute approximate surface area is 367 Å². The maximum absolute atomic E-state index is 13.0. The molecule has 2 aromatic rings. The number of nitrogens with zero attached hydrogens (tertiary/aromatic N) is 1. The van der Waals surface area contributed by atoms with Gasteiger partial charge in [-0.25, -0.2) is 0 Å². The first-order chi connectivity index (χ1) is 29.1. The Morgan fingerprint density at radius 2 is 1.52 bits per heavy atom. The molecule has 0 heterocycles. The summed E-state index contributed by atoms with van der Waals surface area (Å²) in [6, 6.07) is 16.9. The number of ether oxygens (including phenoxy) is 2. The van der Waals surface area contributed by atoms with E-state index in [4.69, 9.17) is 14.5 Å². The van der Waals surface area contributed by atoms with Crippen molar-refractivity contribution in [2.45, 2.75) is 202 Å². The molecule has 0 radical (unpaired) electrons. The molecule has 4 heteroatoms. The van der Waals surface area contributed by atoms with Crippen molar-refractivity contribution in [2.75, 3.05) is 6.61 Å². The number of rotatable bonds is 24. The summed E-state index contributed by atoms with van der Waals surface area (Å²) in [5.41, 5.74) is 5.89. The maximum atomic E-state index is 13.0. The first-order valence-electron chi connectivity index (χ1n) is 25.3. The lowest BCUT2D eigenvalue weighted by Gasteiger charge is -2.58. The molecular formula is C56H85NO3. The minimum absolute atomic E-state index is 0.0150. The number of allylic oxidation sites excluding steroid dienone is 1. The van der Waals surface area contributed by atoms with Crippen LogP contribution in [0.1, 0.15) is 200 Å². The van der Waals surface area contributed by atoms with E-state index in [0.717, 1.165) is 91.0 Å². The minimum Gasteiger partial charge on any atom is -0.494 e. The molecule has 2 aromatic carbocycles. The van der Waals surface area contributed by atoms with Gasteiger partial charge in [-0.1, -0.05) is 130 Å². The first kappa shape index (κ1) is 46.6. The highest BCUT2D eigenvalue weighted by Gasteiger charge is 2.59. The minimum atomic E-state index is -0.0150. The average molecular weight is 820 g/mol. The van der Waals surface area contributed by atoms with Gasteiger partial charge in [-0.05, 0) is 171 Å². The third kappa shape index (κ3) is 12.6. The number of aliphatic imine (C=N–C) groups is 1. The molecule has 3 fully saturated rings. The average Bonchev–Trinajstić information content (AvgIpc) is 3.60. The zero-order valence-electron chi connectivity index (χ0n) is 39.2. The van der Waals surface area contributed by atoms with Crippen LogP contribution < -0.4 is 4.74 Å². The van der Waals surface area contributed by atoms with Crippen LogP contribution in [0.2, 0.25) is 0 Å². The molecule has 4 nitrogen and oxygen atoms in total. The number of unbranched alkanes of at least 4 members (excludes halogenated alkanes) is 9. The van der Waals surface area contributed by atoms with Crippen molar-refractivity contribution < 1.29 is 14.3 Å². The van der Waals surface area contributed by atoms with Crippen LogP contribution in [0.15, 0.2) is 65.2 Å². The summed E-state index contributed by atoms with van der Waals surface area (Å²) in [5, 5.41) is 0. The lowest BCUT2D eigenvalue weighted by atomic mass is 9.47. The third-order valence-corrected chi connectivity index (χ3v) is 16.4. The second-order valence-corrected chi connectivity index (χ2v) is 21.0. The number of aryl methyl sites for hydroxylation is 1. The normalized spacial score (nSPS) is 27.9. The van der Waals surface area contributed by atoms with E-state index >= 15 is 0 Å². The summed E-state index contributed by atoms with van der Waals surface area (Å²) in [6.45, 7) is 15.5. The van der Waals surface area contributed by atoms with E-state index < -0.39 is 0 Å². The second-order valence-electron chi connectivity index (χ2n) is 21.0. The molecule has 0 N–H and O–H groups in total. The summed E-state index contributed by atoms with van der Waals surface area (Å²) < 4.78 is 12.2. The highest BCUT2D eigenvalue weighted by atomic mass is 16.5. The van der Waals surface area contributed by atoms with Gasteiger partial charge in [0.1, 0.15) is 11.9 Å². The van der Waals surface area contributed by atoms with Crippen molar-refractivity contribution in [3.63, 3.8) is 0 Å². The highest BCUT2D eigenvalue weighted by molar-refractivity contribution is 5.82. The molecule has 4 aliphatic carbocycles. The molecule has 8 atom stereocenters. The lowest BCUT2D eigenvalue weighted by Crippen LogP contribution is -2.51. The number of fused-ring (bicyclic) bond motifs is 5. The highest BCUT2D eigenvalue weighted by Crippen LogP contribution is 2.67. The van der Waals surface area contributed by atoms with E-state index in [1.54, 1.807) is 5.57 Å². The largest absolute Gasteiger partial charge is 0.494 e. The molecule has 0 amide bonds. The lowest BCUT2D eigenvalue weighted by molar-refractivity contribution is -0.151. The van der Waals surface area contributed by atoms with E-state index in [2.05, 4.69) is 84.0 Å². The molecule has 3 saturated carbocycles. The van der Waals surface area contributed by atoms with E-state index in [0.29, 0.717) is 23.9 Å². The van der Waals surface area contributed by atoms with Gasteiger partial charge in [0.15, 0.2) is 0 Å². The van der Waals surface area contributed by atoms with Crippen molar-refractivity contribution in [1.82, 2.24) is 0 Å². The fraction of sp³-hybridized carbons (Fsp3) is 0.714. The Hall–Kier alpha value is -2.88. The van der Waals surface area contributed by atoms with Crippen LogP contribution in [0.3, 0.4) is 0 Å². The molecule has 6 rings (SSSR count). The Balaban J connectivity index is 0.839. The molecule has 4 aliphatic rings. The molecule has 0 saturated heterocycles. The summed E-state index contributed by atoms with van der Waals surface area (Å²) in [7, 11) is 0. The van der Waals surface area contributed by atoms with Gasteiger partial charge in [0.2, 0.25) is 0 Å². The summed E-state index contributed by atoms with van der Waals surface area (Å²) in [6.07, 6.45) is 34.2. The number of esters is 1. The van der Waals surface area contributed by atoms with E-state index in [-0.39, 0.29) is 12.1 Å². The third-order valence-electron chi connectivity index (χ3n) is 16.4. The quantitative estimate of drug-likeness (QED) is 0.0459. The van der Waals surface area contributed by atoms with Gasteiger partial charge in [-0.2, -0.15) is 0 Å². The van der Waals surface area contributed by atoms with Crippen LogP contribution >= 0.6 is 0 Å². The first-order valence-corrected chi connectivity index (χ1v) is 25.3. The molecule has 0 aromatic heterocycles. The van der Waals surface area contributed by atoms with E-state index in [1.807, 2.05) is 18.3 Å². The molecule has 0 spiro atoms. The van der Waals surface area contributed by atoms with Gasteiger partial charge in [0, 0.05) is 19.1 Å². The number of benzene rings is 2. The number of carbonyl (C=O) groups excluding carboxylic acids is 1. The smallest absolute Gasteiger partial charge is 0.306 e. The van der Waals surface area contributed by atoms with Crippen molar-refractivity contribution in [2.24, 2.45) is 51.3 Å². The van der Waals surface area contributed by atoms with Gasteiger partial charge in [0.05, 0.1) is 12.3 Å². The SMILES string of the molecule is CCCCCCCCCCc1ccc(N=Cc2ccc(OCCCCCC(=O)OC3CC[C@@]4(C)C(=CC[C@H]5[C@@H]6CC[C@H]([C@H](C)CCCC(C)C)[C@@]6(C)CC[C@@H]54)C3)cc2)cc1. The summed E-state index contributed by atoms with van der Waals surface area (Å²) >= 11 is 0. The van der Waals surface area contributed by atoms with Crippen LogP contribution in [0.5, 0.6) is 5.75 Å². The van der Waals surface area contributed by atoms with E-state index in [1.165, 1.54) is 115 Å². The van der Waals surface area contributed by atoms with Crippen LogP contribution in [0, 0.1) is 46.3 Å². The monoisotopic (exact) mass is 820 g/mol. The van der Waals surface area contributed by atoms with Gasteiger partial charge < -0.3 is 9.47 Å². The van der Waals surface area contributed by atoms with Crippen LogP contribution in [-0.2, 0) is 16.0 Å². The van der Waals surface area contributed by atoms with Crippen molar-refractivity contribution in [1.29, 1.82) is 0 Å². The maximum Gasteiger partial charge on any atom is 0.306 e. The standard InChI is InChI=1S/C56H85NO3/c1-7-8-9-10-11-12-13-15-21-44-23-28-47(29-24-44)57-41-45-25-30-48(31-26-45)59-39-17-14-16-22-54(58)60-49-35-37-55(5)46(40-49)27-32-50-52-34-33-51(43(4)20-18-19-42(2)3)56(52,6)38-36-53(50)55/h23-31,41-43,49-53H,7-22,32-40H2,1-6H3/t43-,49?,50+,51-,52+,53+,55+,56-/m1/s1. The van der Waals surface area contributed by atoms with Gasteiger partial charge in [-0.3, -0.25) is 9.79 Å². The fourth-order valence-electron chi connectivity index (χ4n) is 12.7. The summed E-state index contributed by atoms with van der Waals surface area (Å²) in [4.78, 5) is 17.7. The second kappa shape index (κ2) is 23.0. The van der Waals surface area contributed by atoms with Crippen LogP contribution in [-0.4, -0.2) is 24.9 Å². The number of hydrogen-bond acceptors (Lipinski definition) is 4. The van der Waals surface area contributed by atoms with Crippen molar-refractivity contribution >= 4 is 17.9 Å². The molecule has 332 valence electrons. The predicted molar refractivity (Wildman–Crippen MR) is 253 cm³/mol. The van der Waals surface area contributed by atoms with Crippen molar-refractivity contribution in [3.05, 3.63) is 71.3 Å². The van der Waals surface area contributed by atoms with E-state index in [9.17, 15) is 4.79 Å². The van der Waals surface area contributed by atoms with Crippen molar-refractivity contribution in [3.8, 4) is 5.75 Å². The van der Waals surface area contributed by atoms with Gasteiger partial charge in [0.25, 0.3) is 0 Å². The molecule has 1 unspecified atom stereocenters. The van der Waals surface area contributed by atoms with Gasteiger partial charge in [-0.15, -0.1) is 0 Å². The predicted octanol–water partition coefficient (Wildman–Crippen LogP) is 16.0. The van der Waals surface area contributed by atoms with Gasteiger partial charge >= 0.3 is 5.97 Å². The van der Waals surface area contributed by atoms with Crippen LogP contribution in [0.4, 0.5) is 5.69 Å². The Kier molecular flexibility index (Phi) is 17.9. The number of hydrogen-bond donors (Lipinski definition) is 0. The Bertz CT molecular complexity index is 1640. The number of carbonyl (C=O) groups is 1. The Morgan fingerprint density at radius 3 is 2.27 bits per heavy atom. The summed E-state index contributed by atoms with van der Waals surface area (Å²) in [5.74, 6) is 5.98. The fourth-order valence-corrected chi connectivity index (χ4v) is 12.7. The zero-order valence-corrected chi connectivity index (χ0v) is 39.2. The van der Waals surface area contributed by atoms with Crippen LogP contribution in [0.25, 0.3) is 0 Å². The molecular weight excluding hydrogens is 735 g/mol. The molecule has 0 aliphatic heterocycles. The Morgan fingerprint density at radius 1 is 0.783 bits per heavy atom. The topological polar surface area (TPSA) is 47.9 Å². The molecule has 60 heavy (non-hydrogen) atoms. The molecule has 0 bridgehead atoms. The zero-order chi connectivity index (χ0) is 42.4.